The zero-order chi connectivity index (χ0) is 27.7. The van der Waals surface area contributed by atoms with Crippen molar-refractivity contribution in [1.29, 1.82) is 5.26 Å². The molecule has 2 aromatic carbocycles. The third-order valence-corrected chi connectivity index (χ3v) is 7.46. The number of hydrogen-bond donors (Lipinski definition) is 0. The summed E-state index contributed by atoms with van der Waals surface area (Å²) in [6, 6.07) is 10.0. The summed E-state index contributed by atoms with van der Waals surface area (Å²) >= 11 is 0. The number of rotatable bonds is 3. The summed E-state index contributed by atoms with van der Waals surface area (Å²) < 4.78 is 72.7. The first-order valence-corrected chi connectivity index (χ1v) is 12.6. The monoisotopic (exact) mass is 544 g/mol. The number of likely N-dealkylation sites (tertiary alicyclic amines) is 2. The summed E-state index contributed by atoms with van der Waals surface area (Å²) in [4.78, 5) is 21.2. The van der Waals surface area contributed by atoms with Gasteiger partial charge in [-0.05, 0) is 49.1 Å². The zero-order valence-electron chi connectivity index (χ0n) is 20.8. The second-order valence-electron chi connectivity index (χ2n) is 10.0. The Kier molecular flexibility index (Phi) is 7.30. The Labute approximate surface area is 221 Å². The van der Waals surface area contributed by atoms with Gasteiger partial charge in [-0.3, -0.25) is 0 Å². The van der Waals surface area contributed by atoms with Gasteiger partial charge in [-0.1, -0.05) is 12.1 Å². The number of benzene rings is 2. The van der Waals surface area contributed by atoms with E-state index in [-0.39, 0.29) is 41.6 Å². The topological polar surface area (TPSA) is 73.4 Å². The van der Waals surface area contributed by atoms with Gasteiger partial charge in [0.15, 0.2) is 5.89 Å². The number of nitrogens with zero attached hydrogens (tertiary/aromatic N) is 4. The molecule has 0 aliphatic carbocycles. The van der Waals surface area contributed by atoms with Crippen molar-refractivity contribution in [2.45, 2.75) is 37.3 Å². The first kappa shape index (κ1) is 26.7. The van der Waals surface area contributed by atoms with E-state index in [9.17, 15) is 32.0 Å². The number of halogens is 5. The van der Waals surface area contributed by atoms with Crippen LogP contribution in [0.4, 0.5) is 26.7 Å². The number of piperidine rings is 2. The van der Waals surface area contributed by atoms with Crippen LogP contribution >= 0.6 is 0 Å². The Balaban J connectivity index is 1.41. The SMILES string of the molecule is N#CC1CCN(C(=O)N2CC(c3ccc(C(F)(F)F)cc3)CC(c3nc(-c4ccc(F)cc4F)co3)C2)CC1. The van der Waals surface area contributed by atoms with E-state index < -0.39 is 29.3 Å². The molecular weight excluding hydrogens is 519 g/mol. The van der Waals surface area contributed by atoms with Crippen LogP contribution in [0, 0.1) is 28.9 Å². The van der Waals surface area contributed by atoms with Crippen LogP contribution in [-0.4, -0.2) is 47.0 Å². The number of urea groups is 1. The van der Waals surface area contributed by atoms with Crippen LogP contribution in [0.2, 0.25) is 0 Å². The maximum absolute atomic E-state index is 14.3. The summed E-state index contributed by atoms with van der Waals surface area (Å²) in [5.41, 5.74) is 0.126. The molecule has 3 aromatic rings. The van der Waals surface area contributed by atoms with Crippen LogP contribution in [0.5, 0.6) is 0 Å². The smallest absolute Gasteiger partial charge is 0.416 e. The number of alkyl halides is 3. The summed E-state index contributed by atoms with van der Waals surface area (Å²) in [6.07, 6.45) is -1.60. The maximum atomic E-state index is 14.3. The molecule has 0 saturated carbocycles. The quantitative estimate of drug-likeness (QED) is 0.350. The highest BCUT2D eigenvalue weighted by Crippen LogP contribution is 2.38. The van der Waals surface area contributed by atoms with E-state index in [1.165, 1.54) is 24.5 Å². The van der Waals surface area contributed by atoms with Crippen molar-refractivity contribution in [2.24, 2.45) is 5.92 Å². The molecule has 5 rings (SSSR count). The first-order valence-electron chi connectivity index (χ1n) is 12.6. The van der Waals surface area contributed by atoms with Gasteiger partial charge >= 0.3 is 12.2 Å². The van der Waals surface area contributed by atoms with Gasteiger partial charge in [-0.25, -0.2) is 18.6 Å². The highest BCUT2D eigenvalue weighted by molar-refractivity contribution is 5.75. The molecule has 2 fully saturated rings. The van der Waals surface area contributed by atoms with Crippen molar-refractivity contribution >= 4 is 6.03 Å². The molecule has 2 amide bonds. The number of hydrogen-bond acceptors (Lipinski definition) is 4. The van der Waals surface area contributed by atoms with Crippen LogP contribution in [0.3, 0.4) is 0 Å². The first-order chi connectivity index (χ1) is 18.6. The number of carbonyl (C=O) groups excluding carboxylic acids is 1. The van der Waals surface area contributed by atoms with E-state index in [1.54, 1.807) is 9.80 Å². The molecule has 204 valence electrons. The Morgan fingerprint density at radius 1 is 1.00 bits per heavy atom. The second-order valence-corrected chi connectivity index (χ2v) is 10.0. The van der Waals surface area contributed by atoms with Crippen molar-refractivity contribution in [3.05, 3.63) is 77.4 Å². The number of amides is 2. The lowest BCUT2D eigenvalue weighted by atomic mass is 9.84. The minimum absolute atomic E-state index is 0.0646. The van der Waals surface area contributed by atoms with E-state index in [0.717, 1.165) is 24.3 Å². The van der Waals surface area contributed by atoms with Crippen molar-refractivity contribution < 1.29 is 31.2 Å². The average Bonchev–Trinajstić information content (AvgIpc) is 3.42. The minimum Gasteiger partial charge on any atom is -0.448 e. The predicted octanol–water partition coefficient (Wildman–Crippen LogP) is 6.57. The van der Waals surface area contributed by atoms with Crippen LogP contribution in [0.15, 0.2) is 53.1 Å². The fourth-order valence-corrected chi connectivity index (χ4v) is 5.32. The van der Waals surface area contributed by atoms with Gasteiger partial charge in [-0.15, -0.1) is 0 Å². The van der Waals surface area contributed by atoms with Crippen LogP contribution < -0.4 is 0 Å². The summed E-state index contributed by atoms with van der Waals surface area (Å²) in [6.45, 7) is 1.42. The Morgan fingerprint density at radius 3 is 2.33 bits per heavy atom. The summed E-state index contributed by atoms with van der Waals surface area (Å²) in [5, 5.41) is 9.18. The van der Waals surface area contributed by atoms with E-state index in [0.29, 0.717) is 44.5 Å². The molecule has 2 aliphatic rings. The molecule has 0 N–H and O–H groups in total. The summed E-state index contributed by atoms with van der Waals surface area (Å²) in [7, 11) is 0. The largest absolute Gasteiger partial charge is 0.448 e. The maximum Gasteiger partial charge on any atom is 0.416 e. The zero-order valence-corrected chi connectivity index (χ0v) is 20.8. The lowest BCUT2D eigenvalue weighted by Gasteiger charge is -2.40. The molecule has 1 aromatic heterocycles. The van der Waals surface area contributed by atoms with Gasteiger partial charge in [0, 0.05) is 49.6 Å². The number of nitriles is 1. The van der Waals surface area contributed by atoms with Crippen molar-refractivity contribution in [3.63, 3.8) is 0 Å². The van der Waals surface area contributed by atoms with Gasteiger partial charge in [0.2, 0.25) is 0 Å². The third-order valence-electron chi connectivity index (χ3n) is 7.46. The van der Waals surface area contributed by atoms with Gasteiger partial charge < -0.3 is 14.2 Å². The molecule has 0 spiro atoms. The Bertz CT molecular complexity index is 1370. The normalized spacial score (nSPS) is 20.6. The molecule has 0 bridgehead atoms. The lowest BCUT2D eigenvalue weighted by Crippen LogP contribution is -2.51. The second kappa shape index (κ2) is 10.7. The van der Waals surface area contributed by atoms with Crippen LogP contribution in [0.25, 0.3) is 11.3 Å². The fraction of sp³-hybridized carbons (Fsp3) is 0.393. The van der Waals surface area contributed by atoms with Gasteiger partial charge in [0.25, 0.3) is 0 Å². The predicted molar refractivity (Wildman–Crippen MR) is 130 cm³/mol. The number of carbonyl (C=O) groups is 1. The molecule has 6 nitrogen and oxygen atoms in total. The minimum atomic E-state index is -4.46. The molecule has 2 atom stereocenters. The number of aromatic nitrogens is 1. The molecule has 2 saturated heterocycles. The molecule has 2 unspecified atom stereocenters. The molecule has 0 radical (unpaired) electrons. The van der Waals surface area contributed by atoms with Gasteiger partial charge in [0.1, 0.15) is 23.6 Å². The van der Waals surface area contributed by atoms with E-state index in [2.05, 4.69) is 11.1 Å². The van der Waals surface area contributed by atoms with E-state index in [1.807, 2.05) is 0 Å². The van der Waals surface area contributed by atoms with Crippen LogP contribution in [-0.2, 0) is 6.18 Å². The van der Waals surface area contributed by atoms with Crippen molar-refractivity contribution in [3.8, 4) is 17.3 Å². The standard InChI is InChI=1S/C28H25F5N4O2/c29-22-5-6-23(24(30)12-22)25-16-39-26(35-25)20-11-19(18-1-3-21(4-2-18)28(31,32)33)14-37(15-20)27(38)36-9-7-17(13-34)8-10-36/h1-6,12,16-17,19-20H,7-11,14-15H2. The molecular formula is C28H25F5N4O2. The Hall–Kier alpha value is -3.94. The third kappa shape index (κ3) is 5.75. The highest BCUT2D eigenvalue weighted by Gasteiger charge is 2.37. The van der Waals surface area contributed by atoms with Gasteiger partial charge in [0.05, 0.1) is 17.6 Å². The highest BCUT2D eigenvalue weighted by atomic mass is 19.4. The van der Waals surface area contributed by atoms with E-state index >= 15 is 0 Å². The van der Waals surface area contributed by atoms with Crippen molar-refractivity contribution in [1.82, 2.24) is 14.8 Å². The van der Waals surface area contributed by atoms with E-state index in [4.69, 9.17) is 4.42 Å². The average molecular weight is 545 g/mol. The number of oxazole rings is 1. The molecule has 2 aliphatic heterocycles. The molecule has 11 heteroatoms. The lowest BCUT2D eigenvalue weighted by molar-refractivity contribution is -0.137. The van der Waals surface area contributed by atoms with Crippen molar-refractivity contribution in [2.75, 3.05) is 26.2 Å². The fourth-order valence-electron chi connectivity index (χ4n) is 5.32. The van der Waals surface area contributed by atoms with Crippen LogP contribution in [0.1, 0.15) is 48.1 Å². The Morgan fingerprint density at radius 2 is 1.69 bits per heavy atom. The van der Waals surface area contributed by atoms with Gasteiger partial charge in [-0.2, -0.15) is 18.4 Å². The summed E-state index contributed by atoms with van der Waals surface area (Å²) in [5.74, 6) is -2.07. The molecule has 39 heavy (non-hydrogen) atoms. The molecule has 3 heterocycles.